The Morgan fingerprint density at radius 1 is 0.902 bits per heavy atom. The maximum Gasteiger partial charge on any atom is 0.248 e. The second kappa shape index (κ2) is 12.7. The Hall–Kier alpha value is -4.58. The van der Waals surface area contributed by atoms with Gasteiger partial charge in [0.15, 0.2) is 0 Å². The highest BCUT2D eigenvalue weighted by atomic mass is 16.5. The predicted molar refractivity (Wildman–Crippen MR) is 164 cm³/mol. The van der Waals surface area contributed by atoms with Crippen LogP contribution in [0.4, 0.5) is 11.4 Å². The second-order valence-electron chi connectivity index (χ2n) is 10.5. The minimum absolute atomic E-state index is 0.103. The van der Waals surface area contributed by atoms with Gasteiger partial charge in [0.05, 0.1) is 7.11 Å². The number of carbonyl (C=O) groups excluding carboxylic acids is 2. The molecule has 0 aromatic heterocycles. The fraction of sp³-hybridized carbons (Fsp3) is 0.257. The van der Waals surface area contributed by atoms with Crippen molar-refractivity contribution < 1.29 is 14.3 Å². The van der Waals surface area contributed by atoms with Gasteiger partial charge in [-0.15, -0.1) is 0 Å². The van der Waals surface area contributed by atoms with Gasteiger partial charge in [0.25, 0.3) is 0 Å². The molecular formula is C35H37N3O3. The molecule has 4 aromatic carbocycles. The van der Waals surface area contributed by atoms with Crippen LogP contribution in [-0.2, 0) is 22.6 Å². The van der Waals surface area contributed by atoms with Crippen molar-refractivity contribution in [3.05, 3.63) is 125 Å². The van der Waals surface area contributed by atoms with Gasteiger partial charge < -0.3 is 15.0 Å². The number of nitrogens with one attached hydrogen (secondary N) is 1. The average Bonchev–Trinajstić information content (AvgIpc) is 3.42. The van der Waals surface area contributed by atoms with E-state index in [1.165, 1.54) is 11.3 Å². The lowest BCUT2D eigenvalue weighted by Gasteiger charge is -2.33. The molecule has 0 bridgehead atoms. The Balaban J connectivity index is 1.48. The summed E-state index contributed by atoms with van der Waals surface area (Å²) in [5.41, 5.74) is 7.10. The van der Waals surface area contributed by atoms with Crippen LogP contribution >= 0.6 is 0 Å². The Morgan fingerprint density at radius 2 is 1.63 bits per heavy atom. The number of hydrogen-bond donors (Lipinski definition) is 1. The highest BCUT2D eigenvalue weighted by molar-refractivity contribution is 6.01. The maximum absolute atomic E-state index is 14.2. The zero-order chi connectivity index (χ0) is 28.8. The number of fused-ring (bicyclic) bond motifs is 1. The van der Waals surface area contributed by atoms with Crippen LogP contribution in [0.1, 0.15) is 40.3 Å². The largest absolute Gasteiger partial charge is 0.497 e. The summed E-state index contributed by atoms with van der Waals surface area (Å²) in [5, 5.41) is 3.09. The van der Waals surface area contributed by atoms with Crippen molar-refractivity contribution in [3.8, 4) is 5.75 Å². The van der Waals surface area contributed by atoms with Gasteiger partial charge in [-0.3, -0.25) is 14.5 Å². The lowest BCUT2D eigenvalue weighted by atomic mass is 10.0. The first kappa shape index (κ1) is 28.0. The highest BCUT2D eigenvalue weighted by Crippen LogP contribution is 2.32. The summed E-state index contributed by atoms with van der Waals surface area (Å²) < 4.78 is 5.37. The van der Waals surface area contributed by atoms with E-state index in [0.717, 1.165) is 35.2 Å². The minimum Gasteiger partial charge on any atom is -0.497 e. The average molecular weight is 548 g/mol. The molecule has 1 N–H and O–H groups in total. The van der Waals surface area contributed by atoms with Crippen LogP contribution < -0.4 is 19.9 Å². The van der Waals surface area contributed by atoms with E-state index in [4.69, 9.17) is 4.74 Å². The molecule has 2 amide bonds. The number of anilines is 2. The first-order valence-electron chi connectivity index (χ1n) is 14.1. The molecule has 0 radical (unpaired) electrons. The number of amides is 2. The summed E-state index contributed by atoms with van der Waals surface area (Å²) >= 11 is 0. The molecular weight excluding hydrogens is 510 g/mol. The van der Waals surface area contributed by atoms with Crippen molar-refractivity contribution in [2.45, 2.75) is 39.3 Å². The van der Waals surface area contributed by atoms with E-state index in [2.05, 4.69) is 28.4 Å². The smallest absolute Gasteiger partial charge is 0.248 e. The molecule has 210 valence electrons. The minimum atomic E-state index is -0.856. The van der Waals surface area contributed by atoms with Crippen LogP contribution in [0.2, 0.25) is 0 Å². The first-order valence-corrected chi connectivity index (χ1v) is 14.1. The lowest BCUT2D eigenvalue weighted by Crippen LogP contribution is -2.44. The van der Waals surface area contributed by atoms with Gasteiger partial charge in [0.1, 0.15) is 11.8 Å². The van der Waals surface area contributed by atoms with Gasteiger partial charge in [-0.1, -0.05) is 66.7 Å². The molecule has 0 spiro atoms. The number of carbonyl (C=O) groups is 2. The molecule has 1 aliphatic rings. The number of rotatable bonds is 10. The fourth-order valence-corrected chi connectivity index (χ4v) is 5.39. The number of hydrogen-bond acceptors (Lipinski definition) is 4. The molecule has 6 nitrogen and oxygen atoms in total. The molecule has 0 fully saturated rings. The molecule has 1 atom stereocenters. The van der Waals surface area contributed by atoms with E-state index in [-0.39, 0.29) is 18.2 Å². The van der Waals surface area contributed by atoms with Crippen LogP contribution in [0.5, 0.6) is 5.75 Å². The van der Waals surface area contributed by atoms with Crippen molar-refractivity contribution in [1.82, 2.24) is 5.32 Å². The quantitative estimate of drug-likeness (QED) is 0.259. The molecule has 0 aliphatic carbocycles. The zero-order valence-electron chi connectivity index (χ0n) is 24.0. The molecule has 6 heteroatoms. The zero-order valence-corrected chi connectivity index (χ0v) is 24.0. The fourth-order valence-electron chi connectivity index (χ4n) is 5.39. The molecule has 1 unspecified atom stereocenters. The van der Waals surface area contributed by atoms with Gasteiger partial charge in [-0.25, -0.2) is 0 Å². The third-order valence-electron chi connectivity index (χ3n) is 7.86. The maximum atomic E-state index is 14.2. The number of nitrogens with zero attached hydrogens (tertiary/aromatic N) is 2. The second-order valence-corrected chi connectivity index (χ2v) is 10.5. The summed E-state index contributed by atoms with van der Waals surface area (Å²) in [6.07, 6.45) is 1.25. The van der Waals surface area contributed by atoms with Crippen molar-refractivity contribution in [3.63, 3.8) is 0 Å². The normalized spacial score (nSPS) is 12.9. The Labute approximate surface area is 242 Å². The monoisotopic (exact) mass is 547 g/mol. The van der Waals surface area contributed by atoms with Crippen LogP contribution in [0.15, 0.2) is 97.1 Å². The van der Waals surface area contributed by atoms with E-state index >= 15 is 0 Å². The Morgan fingerprint density at radius 3 is 2.37 bits per heavy atom. The highest BCUT2D eigenvalue weighted by Gasteiger charge is 2.33. The summed E-state index contributed by atoms with van der Waals surface area (Å²) in [6.45, 7) is 5.91. The van der Waals surface area contributed by atoms with Crippen molar-refractivity contribution >= 4 is 23.2 Å². The molecule has 4 aromatic rings. The summed E-state index contributed by atoms with van der Waals surface area (Å²) in [6, 6.07) is 30.6. The Kier molecular flexibility index (Phi) is 8.68. The summed E-state index contributed by atoms with van der Waals surface area (Å²) in [7, 11) is 1.61. The molecule has 0 saturated heterocycles. The van der Waals surface area contributed by atoms with Gasteiger partial charge in [-0.2, -0.15) is 0 Å². The van der Waals surface area contributed by atoms with E-state index in [1.807, 2.05) is 92.7 Å². The first-order chi connectivity index (χ1) is 19.9. The van der Waals surface area contributed by atoms with Crippen LogP contribution in [0, 0.1) is 13.8 Å². The third-order valence-corrected chi connectivity index (χ3v) is 7.86. The van der Waals surface area contributed by atoms with Crippen molar-refractivity contribution in [2.24, 2.45) is 0 Å². The number of methoxy groups -OCH3 is 1. The van der Waals surface area contributed by atoms with Crippen molar-refractivity contribution in [1.29, 1.82) is 0 Å². The van der Waals surface area contributed by atoms with Gasteiger partial charge in [-0.05, 0) is 78.4 Å². The van der Waals surface area contributed by atoms with Crippen molar-refractivity contribution in [2.75, 3.05) is 30.0 Å². The molecule has 5 rings (SSSR count). The van der Waals surface area contributed by atoms with Gasteiger partial charge >= 0.3 is 0 Å². The molecule has 41 heavy (non-hydrogen) atoms. The molecule has 1 aliphatic heterocycles. The van der Waals surface area contributed by atoms with Gasteiger partial charge in [0, 0.05) is 37.4 Å². The topological polar surface area (TPSA) is 61.9 Å². The van der Waals surface area contributed by atoms with Crippen LogP contribution in [0.3, 0.4) is 0 Å². The lowest BCUT2D eigenvalue weighted by molar-refractivity contribution is -0.126. The number of aryl methyl sites for hydroxylation is 2. The molecule has 0 saturated carbocycles. The number of benzene rings is 4. The number of ether oxygens (including phenoxy) is 1. The summed E-state index contributed by atoms with van der Waals surface area (Å²) in [4.78, 5) is 32.2. The van der Waals surface area contributed by atoms with E-state index in [0.29, 0.717) is 24.5 Å². The van der Waals surface area contributed by atoms with E-state index in [9.17, 15) is 9.59 Å². The Bertz CT molecular complexity index is 1500. The van der Waals surface area contributed by atoms with Gasteiger partial charge in [0.2, 0.25) is 11.8 Å². The third kappa shape index (κ3) is 6.43. The molecule has 1 heterocycles. The SMILES string of the molecule is COc1ccc(C(C(=O)NCc2ccccc2)N(C(=O)CCN2CCc3ccccc32)c2ccc(C)c(C)c2)cc1. The van der Waals surface area contributed by atoms with E-state index in [1.54, 1.807) is 12.0 Å². The number of para-hydroxylation sites is 1. The standard InChI is InChI=1S/C35H37N3O3/c1-25-13-16-30(23-26(25)2)38(33(39)20-22-37-21-19-28-11-7-8-12-32(28)37)34(29-14-17-31(41-3)18-15-29)35(40)36-24-27-9-5-4-6-10-27/h4-18,23,34H,19-22,24H2,1-3H3,(H,36,40). The summed E-state index contributed by atoms with van der Waals surface area (Å²) in [5.74, 6) is 0.347. The van der Waals surface area contributed by atoms with Crippen LogP contribution in [-0.4, -0.2) is 32.0 Å². The van der Waals surface area contributed by atoms with E-state index < -0.39 is 6.04 Å². The van der Waals surface area contributed by atoms with Crippen LogP contribution in [0.25, 0.3) is 0 Å². The predicted octanol–water partition coefficient (Wildman–Crippen LogP) is 6.16.